The molecule has 8 heteroatoms. The van der Waals surface area contributed by atoms with Gasteiger partial charge in [0.05, 0.1) is 18.7 Å². The van der Waals surface area contributed by atoms with E-state index in [4.69, 9.17) is 4.74 Å². The molecular weight excluding hydrogens is 408 g/mol. The molecule has 0 aromatic heterocycles. The molecule has 168 valence electrons. The van der Waals surface area contributed by atoms with Gasteiger partial charge in [-0.25, -0.2) is 9.59 Å². The van der Waals surface area contributed by atoms with Crippen molar-refractivity contribution >= 4 is 23.6 Å². The number of carbonyl (C=O) groups is 3. The first-order chi connectivity index (χ1) is 15.4. The summed E-state index contributed by atoms with van der Waals surface area (Å²) in [5, 5.41) is 8.26. The topological polar surface area (TPSA) is 99.8 Å². The number of carbonyl (C=O) groups excluding carboxylic acids is 3. The summed E-state index contributed by atoms with van der Waals surface area (Å²) < 4.78 is 5.12. The maximum absolute atomic E-state index is 12.5. The molecule has 1 heterocycles. The van der Waals surface area contributed by atoms with Crippen molar-refractivity contribution in [3.63, 3.8) is 0 Å². The van der Waals surface area contributed by atoms with Crippen molar-refractivity contribution in [3.05, 3.63) is 77.0 Å². The summed E-state index contributed by atoms with van der Waals surface area (Å²) in [6.07, 6.45) is 0. The van der Waals surface area contributed by atoms with Crippen LogP contribution >= 0.6 is 0 Å². The predicted octanol–water partition coefficient (Wildman–Crippen LogP) is 3.06. The first-order valence-corrected chi connectivity index (χ1v) is 10.5. The minimum atomic E-state index is -0.443. The summed E-state index contributed by atoms with van der Waals surface area (Å²) in [6.45, 7) is 4.50. The molecule has 2 aromatic carbocycles. The highest BCUT2D eigenvalue weighted by Gasteiger charge is 2.25. The standard InChI is InChI=1S/C24H28N4O4/c1-4-32-23(30)20-14-25-24(31)27-21(20)15-28(3)16(2)18-11-8-12-19(13-18)26-22(29)17-9-6-5-7-10-17/h5-13,16H,4,14-15H2,1-3H3,(H,26,29)(H2,25,27,31)/t16-/m1/s1. The molecule has 0 aliphatic carbocycles. The highest BCUT2D eigenvalue weighted by molar-refractivity contribution is 6.04. The van der Waals surface area contributed by atoms with Gasteiger partial charge in [0.1, 0.15) is 0 Å². The molecule has 32 heavy (non-hydrogen) atoms. The third-order valence-corrected chi connectivity index (χ3v) is 5.31. The summed E-state index contributed by atoms with van der Waals surface area (Å²) in [5.41, 5.74) is 3.20. The lowest BCUT2D eigenvalue weighted by atomic mass is 10.1. The highest BCUT2D eigenvalue weighted by Crippen LogP contribution is 2.23. The van der Waals surface area contributed by atoms with E-state index in [1.165, 1.54) is 0 Å². The number of ether oxygens (including phenoxy) is 1. The summed E-state index contributed by atoms with van der Waals surface area (Å²) in [7, 11) is 1.91. The molecule has 0 radical (unpaired) electrons. The van der Waals surface area contributed by atoms with E-state index < -0.39 is 5.97 Å². The molecule has 3 rings (SSSR count). The van der Waals surface area contributed by atoms with E-state index in [0.29, 0.717) is 29.1 Å². The Morgan fingerprint density at radius 1 is 1.16 bits per heavy atom. The zero-order valence-corrected chi connectivity index (χ0v) is 18.5. The number of anilines is 1. The number of rotatable bonds is 8. The largest absolute Gasteiger partial charge is 0.463 e. The summed E-state index contributed by atoms with van der Waals surface area (Å²) in [4.78, 5) is 38.6. The molecule has 1 aliphatic heterocycles. The van der Waals surface area contributed by atoms with Crippen LogP contribution < -0.4 is 16.0 Å². The molecule has 0 fully saturated rings. The zero-order chi connectivity index (χ0) is 23.1. The molecule has 8 nitrogen and oxygen atoms in total. The number of hydrogen-bond acceptors (Lipinski definition) is 5. The molecule has 0 saturated heterocycles. The molecule has 0 spiro atoms. The van der Waals surface area contributed by atoms with Gasteiger partial charge in [-0.3, -0.25) is 9.69 Å². The number of nitrogens with zero attached hydrogens (tertiary/aromatic N) is 1. The minimum absolute atomic E-state index is 0.0497. The lowest BCUT2D eigenvalue weighted by Crippen LogP contribution is -2.46. The van der Waals surface area contributed by atoms with Crippen LogP contribution in [0.2, 0.25) is 0 Å². The average Bonchev–Trinajstić information content (AvgIpc) is 2.79. The van der Waals surface area contributed by atoms with Crippen molar-refractivity contribution in [1.29, 1.82) is 0 Å². The van der Waals surface area contributed by atoms with Gasteiger partial charge < -0.3 is 20.7 Å². The first kappa shape index (κ1) is 23.0. The Kier molecular flexibility index (Phi) is 7.62. The summed E-state index contributed by atoms with van der Waals surface area (Å²) >= 11 is 0. The Bertz CT molecular complexity index is 1020. The normalized spacial score (nSPS) is 14.4. The lowest BCUT2D eigenvalue weighted by Gasteiger charge is -2.29. The summed E-state index contributed by atoms with van der Waals surface area (Å²) in [6, 6.07) is 16.2. The second kappa shape index (κ2) is 10.6. The number of nitrogens with one attached hydrogen (secondary N) is 3. The third-order valence-electron chi connectivity index (χ3n) is 5.31. The van der Waals surface area contributed by atoms with Crippen LogP contribution in [0.4, 0.5) is 10.5 Å². The Hall–Kier alpha value is -3.65. The predicted molar refractivity (Wildman–Crippen MR) is 122 cm³/mol. The number of esters is 1. The van der Waals surface area contributed by atoms with Crippen LogP contribution in [0.1, 0.15) is 35.8 Å². The van der Waals surface area contributed by atoms with Gasteiger partial charge in [-0.2, -0.15) is 0 Å². The molecule has 0 saturated carbocycles. The van der Waals surface area contributed by atoms with Crippen LogP contribution in [0.15, 0.2) is 65.9 Å². The van der Waals surface area contributed by atoms with Crippen LogP contribution in [0.25, 0.3) is 0 Å². The van der Waals surface area contributed by atoms with Crippen molar-refractivity contribution in [2.24, 2.45) is 0 Å². The molecule has 3 amide bonds. The third kappa shape index (κ3) is 5.73. The van der Waals surface area contributed by atoms with E-state index in [9.17, 15) is 14.4 Å². The Balaban J connectivity index is 1.73. The van der Waals surface area contributed by atoms with E-state index >= 15 is 0 Å². The number of urea groups is 1. The van der Waals surface area contributed by atoms with Gasteiger partial charge in [0, 0.05) is 29.5 Å². The molecular formula is C24H28N4O4. The highest BCUT2D eigenvalue weighted by atomic mass is 16.5. The van der Waals surface area contributed by atoms with E-state index in [-0.39, 0.29) is 31.1 Å². The van der Waals surface area contributed by atoms with Crippen LogP contribution in [-0.4, -0.2) is 49.6 Å². The van der Waals surface area contributed by atoms with E-state index in [1.54, 1.807) is 19.1 Å². The molecule has 2 aromatic rings. The van der Waals surface area contributed by atoms with E-state index in [1.807, 2.05) is 61.3 Å². The number of likely N-dealkylation sites (N-methyl/N-ethyl adjacent to an activating group) is 1. The van der Waals surface area contributed by atoms with Crippen molar-refractivity contribution < 1.29 is 19.1 Å². The lowest BCUT2D eigenvalue weighted by molar-refractivity contribution is -0.138. The molecule has 3 N–H and O–H groups in total. The Morgan fingerprint density at radius 2 is 1.91 bits per heavy atom. The SMILES string of the molecule is CCOC(=O)C1=C(CN(C)[C@H](C)c2cccc(NC(=O)c3ccccc3)c2)NC(=O)NC1. The fraction of sp³-hybridized carbons (Fsp3) is 0.292. The Morgan fingerprint density at radius 3 is 2.62 bits per heavy atom. The smallest absolute Gasteiger partial charge is 0.337 e. The minimum Gasteiger partial charge on any atom is -0.463 e. The fourth-order valence-electron chi connectivity index (χ4n) is 3.39. The van der Waals surface area contributed by atoms with Crippen LogP contribution in [0, 0.1) is 0 Å². The quantitative estimate of drug-likeness (QED) is 0.553. The van der Waals surface area contributed by atoms with Gasteiger partial charge >= 0.3 is 12.0 Å². The monoisotopic (exact) mass is 436 g/mol. The first-order valence-electron chi connectivity index (χ1n) is 10.5. The number of benzene rings is 2. The van der Waals surface area contributed by atoms with Gasteiger partial charge in [0.2, 0.25) is 0 Å². The number of hydrogen-bond donors (Lipinski definition) is 3. The van der Waals surface area contributed by atoms with Gasteiger partial charge in [0.25, 0.3) is 5.91 Å². The fourth-order valence-corrected chi connectivity index (χ4v) is 3.39. The van der Waals surface area contributed by atoms with Crippen molar-refractivity contribution in [3.8, 4) is 0 Å². The van der Waals surface area contributed by atoms with E-state index in [0.717, 1.165) is 5.56 Å². The van der Waals surface area contributed by atoms with Crippen molar-refractivity contribution in [2.45, 2.75) is 19.9 Å². The van der Waals surface area contributed by atoms with Crippen molar-refractivity contribution in [1.82, 2.24) is 15.5 Å². The van der Waals surface area contributed by atoms with E-state index in [2.05, 4.69) is 16.0 Å². The maximum atomic E-state index is 12.5. The van der Waals surface area contributed by atoms with Gasteiger partial charge in [-0.15, -0.1) is 0 Å². The zero-order valence-electron chi connectivity index (χ0n) is 18.5. The average molecular weight is 437 g/mol. The van der Waals surface area contributed by atoms with Gasteiger partial charge in [-0.05, 0) is 50.7 Å². The van der Waals surface area contributed by atoms with Crippen LogP contribution in [0.5, 0.6) is 0 Å². The second-order valence-corrected chi connectivity index (χ2v) is 7.52. The van der Waals surface area contributed by atoms with Gasteiger partial charge in [-0.1, -0.05) is 30.3 Å². The molecule has 1 aliphatic rings. The van der Waals surface area contributed by atoms with Crippen LogP contribution in [0.3, 0.4) is 0 Å². The maximum Gasteiger partial charge on any atom is 0.337 e. The van der Waals surface area contributed by atoms with Crippen LogP contribution in [-0.2, 0) is 9.53 Å². The summed E-state index contributed by atoms with van der Waals surface area (Å²) in [5.74, 6) is -0.618. The molecule has 1 atom stereocenters. The number of amides is 3. The second-order valence-electron chi connectivity index (χ2n) is 7.52. The van der Waals surface area contributed by atoms with Crippen molar-refractivity contribution in [2.75, 3.05) is 32.1 Å². The Labute approximate surface area is 187 Å². The molecule has 0 unspecified atom stereocenters. The molecule has 0 bridgehead atoms. The van der Waals surface area contributed by atoms with Gasteiger partial charge in [0.15, 0.2) is 0 Å².